The number of aromatic nitrogens is 2. The topological polar surface area (TPSA) is 78.7 Å². The van der Waals surface area contributed by atoms with Crippen molar-refractivity contribution in [2.75, 3.05) is 19.0 Å². The van der Waals surface area contributed by atoms with Gasteiger partial charge in [0, 0.05) is 30.4 Å². The first kappa shape index (κ1) is 18.5. The number of anilines is 1. The van der Waals surface area contributed by atoms with Crippen LogP contribution in [0, 0.1) is 5.82 Å². The summed E-state index contributed by atoms with van der Waals surface area (Å²) < 4.78 is 16.9. The first-order chi connectivity index (χ1) is 13.8. The third kappa shape index (κ3) is 2.92. The fraction of sp³-hybridized carbons (Fsp3) is 0.571. The van der Waals surface area contributed by atoms with E-state index >= 15 is 4.39 Å². The maximum atomic E-state index is 15.2. The Balaban J connectivity index is 1.64. The normalized spacial score (nSPS) is 26.5. The van der Waals surface area contributed by atoms with Gasteiger partial charge < -0.3 is 19.5 Å². The number of fused-ring (bicyclic) bond motifs is 3. The monoisotopic (exact) mass is 400 g/mol. The third-order valence-electron chi connectivity index (χ3n) is 6.79. The maximum absolute atomic E-state index is 15.2. The van der Waals surface area contributed by atoms with E-state index in [-0.39, 0.29) is 29.1 Å². The molecule has 2 aromatic rings. The van der Waals surface area contributed by atoms with Crippen LogP contribution in [0.4, 0.5) is 10.2 Å². The quantitative estimate of drug-likeness (QED) is 0.850. The lowest BCUT2D eigenvalue weighted by Crippen LogP contribution is -2.49. The van der Waals surface area contributed by atoms with Gasteiger partial charge in [0.25, 0.3) is 0 Å². The Morgan fingerprint density at radius 1 is 1.17 bits per heavy atom. The molecule has 2 atom stereocenters. The summed E-state index contributed by atoms with van der Waals surface area (Å²) in [4.78, 5) is 33.1. The van der Waals surface area contributed by atoms with Crippen LogP contribution < -0.4 is 10.3 Å². The van der Waals surface area contributed by atoms with Gasteiger partial charge in [0.2, 0.25) is 5.43 Å². The van der Waals surface area contributed by atoms with E-state index in [1.807, 2.05) is 0 Å². The number of hydrogen-bond donors (Lipinski definition) is 1. The summed E-state index contributed by atoms with van der Waals surface area (Å²) in [6.45, 7) is 0. The lowest BCUT2D eigenvalue weighted by molar-refractivity contribution is 0.0695. The molecule has 2 aliphatic heterocycles. The molecule has 0 spiro atoms. The van der Waals surface area contributed by atoms with Crippen molar-refractivity contribution < 1.29 is 14.3 Å². The van der Waals surface area contributed by atoms with Gasteiger partial charge in [0.05, 0.1) is 5.39 Å². The minimum absolute atomic E-state index is 0.0496. The highest BCUT2D eigenvalue weighted by Gasteiger charge is 2.43. The Labute approximate surface area is 167 Å². The Morgan fingerprint density at radius 3 is 2.34 bits per heavy atom. The molecule has 7 nitrogen and oxygen atoms in total. The van der Waals surface area contributed by atoms with Gasteiger partial charge in [0.1, 0.15) is 11.2 Å². The predicted molar refractivity (Wildman–Crippen MR) is 107 cm³/mol. The summed E-state index contributed by atoms with van der Waals surface area (Å²) in [6, 6.07) is 2.27. The van der Waals surface area contributed by atoms with Crippen LogP contribution in [-0.4, -0.2) is 57.7 Å². The summed E-state index contributed by atoms with van der Waals surface area (Å²) in [6.07, 6.45) is 7.16. The molecule has 0 amide bonds. The van der Waals surface area contributed by atoms with Crippen LogP contribution >= 0.6 is 0 Å². The van der Waals surface area contributed by atoms with E-state index in [0.717, 1.165) is 38.5 Å². The summed E-state index contributed by atoms with van der Waals surface area (Å²) >= 11 is 0. The molecule has 154 valence electrons. The van der Waals surface area contributed by atoms with Gasteiger partial charge >= 0.3 is 5.97 Å². The number of halogens is 1. The van der Waals surface area contributed by atoms with Crippen molar-refractivity contribution in [2.24, 2.45) is 0 Å². The van der Waals surface area contributed by atoms with E-state index in [1.165, 1.54) is 12.3 Å². The van der Waals surface area contributed by atoms with Gasteiger partial charge in [-0.05, 0) is 58.7 Å². The van der Waals surface area contributed by atoms with Crippen LogP contribution in [0.25, 0.3) is 11.0 Å². The minimum Gasteiger partial charge on any atom is -0.477 e. The van der Waals surface area contributed by atoms with Crippen molar-refractivity contribution in [1.82, 2.24) is 14.5 Å². The number of carboxylic acids is 1. The van der Waals surface area contributed by atoms with Crippen LogP contribution in [0.2, 0.25) is 0 Å². The standard InChI is InChI=1S/C21H25FN4O3/c1-24(2)14-7-12-5-6-13(8-14)26(12)20-17(22)9-15-18(27)16(21(28)29)10-25(11-3-4-11)19(15)23-20/h9-14H,3-8H2,1-2H3,(H,28,29). The largest absolute Gasteiger partial charge is 0.477 e. The first-order valence-electron chi connectivity index (χ1n) is 10.3. The predicted octanol–water partition coefficient (Wildman–Crippen LogP) is 2.63. The number of nitrogens with zero attached hydrogens (tertiary/aromatic N) is 4. The third-order valence-corrected chi connectivity index (χ3v) is 6.79. The highest BCUT2D eigenvalue weighted by Crippen LogP contribution is 2.42. The number of carboxylic acid groups (broad SMARTS) is 1. The fourth-order valence-electron chi connectivity index (χ4n) is 5.12. The number of carbonyl (C=O) groups is 1. The summed E-state index contributed by atoms with van der Waals surface area (Å²) in [5, 5.41) is 9.44. The molecule has 2 aromatic heterocycles. The van der Waals surface area contributed by atoms with E-state index in [0.29, 0.717) is 17.5 Å². The molecule has 2 bridgehead atoms. The summed E-state index contributed by atoms with van der Waals surface area (Å²) in [5.41, 5.74) is -0.602. The maximum Gasteiger partial charge on any atom is 0.341 e. The zero-order chi connectivity index (χ0) is 20.4. The smallest absolute Gasteiger partial charge is 0.341 e. The van der Waals surface area contributed by atoms with Crippen molar-refractivity contribution in [3.05, 3.63) is 33.9 Å². The van der Waals surface area contributed by atoms with Crippen LogP contribution in [0.1, 0.15) is 54.9 Å². The molecule has 1 aliphatic carbocycles. The Bertz CT molecular complexity index is 1050. The second kappa shape index (κ2) is 6.52. The van der Waals surface area contributed by atoms with Crippen molar-refractivity contribution in [2.45, 2.75) is 62.7 Å². The number of aromatic carboxylic acids is 1. The van der Waals surface area contributed by atoms with Gasteiger partial charge in [-0.25, -0.2) is 14.2 Å². The SMILES string of the molecule is CN(C)C1CC2CCC(C1)N2c1nc2c(cc1F)c(=O)c(C(=O)O)cn2C1CC1. The zero-order valence-corrected chi connectivity index (χ0v) is 16.6. The molecular weight excluding hydrogens is 375 g/mol. The molecule has 3 aliphatic rings. The van der Waals surface area contributed by atoms with Gasteiger partial charge in [-0.2, -0.15) is 0 Å². The second-order valence-electron chi connectivity index (χ2n) is 8.86. The molecule has 5 rings (SSSR count). The van der Waals surface area contributed by atoms with Gasteiger partial charge in [0.15, 0.2) is 11.6 Å². The van der Waals surface area contributed by atoms with Crippen molar-refractivity contribution in [3.63, 3.8) is 0 Å². The fourth-order valence-corrected chi connectivity index (χ4v) is 5.12. The molecule has 29 heavy (non-hydrogen) atoms. The van der Waals surface area contributed by atoms with E-state index in [9.17, 15) is 14.7 Å². The van der Waals surface area contributed by atoms with Gasteiger partial charge in [-0.15, -0.1) is 0 Å². The van der Waals surface area contributed by atoms with Crippen molar-refractivity contribution >= 4 is 22.8 Å². The number of piperidine rings is 1. The molecule has 2 unspecified atom stereocenters. The molecule has 0 aromatic carbocycles. The summed E-state index contributed by atoms with van der Waals surface area (Å²) in [7, 11) is 4.17. The molecule has 3 fully saturated rings. The Hall–Kier alpha value is -2.48. The Kier molecular flexibility index (Phi) is 4.17. The molecule has 1 saturated carbocycles. The zero-order valence-electron chi connectivity index (χ0n) is 16.6. The van der Waals surface area contributed by atoms with Crippen molar-refractivity contribution in [3.8, 4) is 0 Å². The molecular formula is C21H25FN4O3. The van der Waals surface area contributed by atoms with Crippen LogP contribution in [0.3, 0.4) is 0 Å². The molecule has 2 saturated heterocycles. The summed E-state index contributed by atoms with van der Waals surface area (Å²) in [5.74, 6) is -1.53. The Morgan fingerprint density at radius 2 is 1.79 bits per heavy atom. The van der Waals surface area contributed by atoms with Crippen molar-refractivity contribution in [1.29, 1.82) is 0 Å². The minimum atomic E-state index is -1.29. The van der Waals surface area contributed by atoms with Crippen LogP contribution in [-0.2, 0) is 0 Å². The highest BCUT2D eigenvalue weighted by atomic mass is 19.1. The van der Waals surface area contributed by atoms with E-state index in [4.69, 9.17) is 0 Å². The number of rotatable bonds is 4. The van der Waals surface area contributed by atoms with E-state index in [2.05, 4.69) is 28.9 Å². The first-order valence-corrected chi connectivity index (χ1v) is 10.3. The van der Waals surface area contributed by atoms with Gasteiger partial charge in [-0.1, -0.05) is 0 Å². The molecule has 8 heteroatoms. The molecule has 4 heterocycles. The number of pyridine rings is 2. The lowest BCUT2D eigenvalue weighted by atomic mass is 9.96. The van der Waals surface area contributed by atoms with E-state index < -0.39 is 17.2 Å². The number of hydrogen-bond acceptors (Lipinski definition) is 5. The van der Waals surface area contributed by atoms with Crippen LogP contribution in [0.5, 0.6) is 0 Å². The second-order valence-corrected chi connectivity index (χ2v) is 8.86. The van der Waals surface area contributed by atoms with Gasteiger partial charge in [-0.3, -0.25) is 4.79 Å². The molecule has 1 N–H and O–H groups in total. The highest BCUT2D eigenvalue weighted by molar-refractivity contribution is 5.92. The average Bonchev–Trinajstić information content (AvgIpc) is 3.47. The van der Waals surface area contributed by atoms with Crippen LogP contribution in [0.15, 0.2) is 17.1 Å². The van der Waals surface area contributed by atoms with E-state index in [1.54, 1.807) is 4.57 Å². The lowest BCUT2D eigenvalue weighted by Gasteiger charge is -2.42. The average molecular weight is 400 g/mol. The molecule has 0 radical (unpaired) electrons.